The van der Waals surface area contributed by atoms with Crippen molar-refractivity contribution >= 4 is 5.91 Å². The van der Waals surface area contributed by atoms with E-state index in [1.54, 1.807) is 6.08 Å². The second-order valence-corrected chi connectivity index (χ2v) is 7.83. The number of fused-ring (bicyclic) bond motifs is 1. The van der Waals surface area contributed by atoms with Crippen molar-refractivity contribution in [2.45, 2.75) is 50.5 Å². The molecular weight excluding hydrogens is 410 g/mol. The van der Waals surface area contributed by atoms with Crippen LogP contribution in [0.1, 0.15) is 24.3 Å². The number of rotatable bonds is 8. The van der Waals surface area contributed by atoms with Crippen LogP contribution in [0.5, 0.6) is 0 Å². The van der Waals surface area contributed by atoms with Crippen LogP contribution in [0.4, 0.5) is 0 Å². The molecular formula is C25H29NO6. The molecule has 0 aromatic heterocycles. The van der Waals surface area contributed by atoms with Gasteiger partial charge in [0.25, 0.3) is 0 Å². The Morgan fingerprint density at radius 3 is 2.50 bits per heavy atom. The maximum atomic E-state index is 12.0. The van der Waals surface area contributed by atoms with Gasteiger partial charge in [-0.25, -0.2) is 0 Å². The molecule has 0 spiro atoms. The van der Waals surface area contributed by atoms with Gasteiger partial charge in [0.2, 0.25) is 5.91 Å². The lowest BCUT2D eigenvalue weighted by Gasteiger charge is -2.49. The molecule has 7 heteroatoms. The average Bonchev–Trinajstić information content (AvgIpc) is 2.82. The van der Waals surface area contributed by atoms with Gasteiger partial charge in [-0.3, -0.25) is 4.79 Å². The first-order chi connectivity index (χ1) is 15.7. The minimum absolute atomic E-state index is 0.204. The molecule has 0 radical (unpaired) electrons. The van der Waals surface area contributed by atoms with Crippen molar-refractivity contribution in [3.05, 3.63) is 84.4 Å². The lowest BCUT2D eigenvalue weighted by atomic mass is 9.95. The molecule has 0 bridgehead atoms. The van der Waals surface area contributed by atoms with Crippen LogP contribution in [0.15, 0.2) is 73.3 Å². The first-order valence-electron chi connectivity index (χ1n) is 10.8. The van der Waals surface area contributed by atoms with E-state index in [4.69, 9.17) is 23.7 Å². The molecule has 6 unspecified atom stereocenters. The Kier molecular flexibility index (Phi) is 7.68. The predicted molar refractivity (Wildman–Crippen MR) is 117 cm³/mol. The lowest BCUT2D eigenvalue weighted by molar-refractivity contribution is -0.349. The highest BCUT2D eigenvalue weighted by molar-refractivity contribution is 5.73. The van der Waals surface area contributed by atoms with Crippen LogP contribution >= 0.6 is 0 Å². The van der Waals surface area contributed by atoms with Crippen LogP contribution in [0.25, 0.3) is 0 Å². The van der Waals surface area contributed by atoms with E-state index in [0.29, 0.717) is 19.8 Å². The van der Waals surface area contributed by atoms with Crippen LogP contribution in [0, 0.1) is 0 Å². The molecule has 170 valence electrons. The molecule has 0 saturated carbocycles. The Bertz CT molecular complexity index is 877. The normalized spacial score (nSPS) is 29.7. The van der Waals surface area contributed by atoms with E-state index in [-0.39, 0.29) is 5.91 Å². The van der Waals surface area contributed by atoms with Crippen LogP contribution in [0.2, 0.25) is 0 Å². The molecule has 2 aliphatic rings. The van der Waals surface area contributed by atoms with Gasteiger partial charge in [-0.1, -0.05) is 66.7 Å². The van der Waals surface area contributed by atoms with Crippen molar-refractivity contribution in [2.24, 2.45) is 0 Å². The number of nitrogens with one attached hydrogen (secondary N) is 1. The van der Waals surface area contributed by atoms with E-state index in [1.165, 1.54) is 6.92 Å². The summed E-state index contributed by atoms with van der Waals surface area (Å²) in [5.41, 5.74) is 1.91. The zero-order chi connectivity index (χ0) is 22.3. The van der Waals surface area contributed by atoms with Crippen LogP contribution in [-0.2, 0) is 35.1 Å². The number of ether oxygens (including phenoxy) is 5. The Morgan fingerprint density at radius 1 is 1.09 bits per heavy atom. The smallest absolute Gasteiger partial charge is 0.217 e. The number of hydrogen-bond donors (Lipinski definition) is 1. The minimum atomic E-state index is -0.726. The molecule has 2 aromatic rings. The number of benzene rings is 2. The Hall–Kier alpha value is -2.55. The van der Waals surface area contributed by atoms with Gasteiger partial charge in [-0.15, -0.1) is 6.58 Å². The van der Waals surface area contributed by atoms with E-state index < -0.39 is 36.9 Å². The molecule has 1 amide bonds. The second kappa shape index (κ2) is 10.8. The highest BCUT2D eigenvalue weighted by Crippen LogP contribution is 2.35. The third-order valence-corrected chi connectivity index (χ3v) is 5.44. The predicted octanol–water partition coefficient (Wildman–Crippen LogP) is 3.12. The lowest BCUT2D eigenvalue weighted by Crippen LogP contribution is -2.67. The SMILES string of the molecule is C=CCOC1C(NC(C)=O)C(OCc2ccccc2)OC2COC(c3ccccc3)OC21. The fourth-order valence-corrected chi connectivity index (χ4v) is 4.01. The second-order valence-electron chi connectivity index (χ2n) is 7.83. The van der Waals surface area contributed by atoms with E-state index in [2.05, 4.69) is 11.9 Å². The standard InChI is InChI=1S/C25H29NO6/c1-3-14-28-23-21(26-17(2)27)25(29-15-18-10-6-4-7-11-18)31-20-16-30-24(32-22(20)23)19-12-8-5-9-13-19/h3-13,20-25H,1,14-16H2,2H3,(H,26,27). The fourth-order valence-electron chi connectivity index (χ4n) is 4.01. The molecule has 32 heavy (non-hydrogen) atoms. The molecule has 6 atom stereocenters. The Morgan fingerprint density at radius 2 is 1.81 bits per heavy atom. The third-order valence-electron chi connectivity index (χ3n) is 5.44. The summed E-state index contributed by atoms with van der Waals surface area (Å²) in [6, 6.07) is 18.9. The summed E-state index contributed by atoms with van der Waals surface area (Å²) in [5, 5.41) is 2.95. The fraction of sp³-hybridized carbons (Fsp3) is 0.400. The summed E-state index contributed by atoms with van der Waals surface area (Å²) in [7, 11) is 0. The van der Waals surface area contributed by atoms with Gasteiger partial charge in [0.15, 0.2) is 12.6 Å². The molecule has 2 aromatic carbocycles. The number of hydrogen-bond acceptors (Lipinski definition) is 6. The molecule has 4 rings (SSSR count). The van der Waals surface area contributed by atoms with Crippen LogP contribution < -0.4 is 5.32 Å². The zero-order valence-corrected chi connectivity index (χ0v) is 18.1. The molecule has 0 aliphatic carbocycles. The summed E-state index contributed by atoms with van der Waals surface area (Å²) in [6.07, 6.45) is -0.973. The molecule has 2 heterocycles. The van der Waals surface area contributed by atoms with E-state index >= 15 is 0 Å². The summed E-state index contributed by atoms with van der Waals surface area (Å²) in [4.78, 5) is 12.0. The van der Waals surface area contributed by atoms with Crippen molar-refractivity contribution in [1.29, 1.82) is 0 Å². The van der Waals surface area contributed by atoms with Crippen molar-refractivity contribution < 1.29 is 28.5 Å². The van der Waals surface area contributed by atoms with Crippen molar-refractivity contribution in [2.75, 3.05) is 13.2 Å². The summed E-state index contributed by atoms with van der Waals surface area (Å²) in [6.45, 7) is 6.16. The topological polar surface area (TPSA) is 75.3 Å². The van der Waals surface area contributed by atoms with Gasteiger partial charge in [-0.05, 0) is 5.56 Å². The van der Waals surface area contributed by atoms with Gasteiger partial charge < -0.3 is 29.0 Å². The van der Waals surface area contributed by atoms with Gasteiger partial charge in [0.05, 0.1) is 19.8 Å². The van der Waals surface area contributed by atoms with E-state index in [1.807, 2.05) is 60.7 Å². The summed E-state index contributed by atoms with van der Waals surface area (Å²) in [5.74, 6) is -0.204. The quantitative estimate of drug-likeness (QED) is 0.637. The number of carbonyl (C=O) groups excluding carboxylic acids is 1. The molecule has 2 aliphatic heterocycles. The van der Waals surface area contributed by atoms with E-state index in [9.17, 15) is 4.79 Å². The summed E-state index contributed by atoms with van der Waals surface area (Å²) < 4.78 is 30.7. The molecule has 1 N–H and O–H groups in total. The molecule has 7 nitrogen and oxygen atoms in total. The highest BCUT2D eigenvalue weighted by Gasteiger charge is 2.51. The van der Waals surface area contributed by atoms with Gasteiger partial charge in [-0.2, -0.15) is 0 Å². The van der Waals surface area contributed by atoms with Crippen molar-refractivity contribution in [3.8, 4) is 0 Å². The van der Waals surface area contributed by atoms with Crippen molar-refractivity contribution in [1.82, 2.24) is 5.32 Å². The third kappa shape index (κ3) is 5.43. The summed E-state index contributed by atoms with van der Waals surface area (Å²) >= 11 is 0. The first-order valence-corrected chi connectivity index (χ1v) is 10.8. The maximum Gasteiger partial charge on any atom is 0.217 e. The first kappa shape index (κ1) is 22.6. The highest BCUT2D eigenvalue weighted by atomic mass is 16.7. The molecule has 2 fully saturated rings. The van der Waals surface area contributed by atoms with Crippen molar-refractivity contribution in [3.63, 3.8) is 0 Å². The Labute approximate surface area is 188 Å². The molecule has 2 saturated heterocycles. The monoisotopic (exact) mass is 439 g/mol. The van der Waals surface area contributed by atoms with Gasteiger partial charge in [0, 0.05) is 12.5 Å². The Balaban J connectivity index is 1.55. The zero-order valence-electron chi connectivity index (χ0n) is 18.1. The number of carbonyl (C=O) groups is 1. The van der Waals surface area contributed by atoms with E-state index in [0.717, 1.165) is 11.1 Å². The van der Waals surface area contributed by atoms with Gasteiger partial charge >= 0.3 is 0 Å². The van der Waals surface area contributed by atoms with Crippen LogP contribution in [0.3, 0.4) is 0 Å². The minimum Gasteiger partial charge on any atom is -0.369 e. The maximum absolute atomic E-state index is 12.0. The number of amides is 1. The van der Waals surface area contributed by atoms with Gasteiger partial charge in [0.1, 0.15) is 24.4 Å². The largest absolute Gasteiger partial charge is 0.369 e. The van der Waals surface area contributed by atoms with Crippen LogP contribution in [-0.4, -0.2) is 49.8 Å². The average molecular weight is 440 g/mol.